The molecule has 1 aromatic carbocycles. The molecule has 0 radical (unpaired) electrons. The molecule has 0 aromatic heterocycles. The zero-order chi connectivity index (χ0) is 14.7. The normalized spacial score (nSPS) is 29.6. The highest BCUT2D eigenvalue weighted by Crippen LogP contribution is 2.37. The summed E-state index contributed by atoms with van der Waals surface area (Å²) in [5.74, 6) is 2.46. The summed E-state index contributed by atoms with van der Waals surface area (Å²) < 4.78 is 0. The fraction of sp³-hybridized carbons (Fsp3) is 0.684. The van der Waals surface area contributed by atoms with Crippen molar-refractivity contribution < 1.29 is 0 Å². The van der Waals surface area contributed by atoms with Gasteiger partial charge in [0.2, 0.25) is 0 Å². The van der Waals surface area contributed by atoms with Crippen LogP contribution in [0.25, 0.3) is 0 Å². The topological polar surface area (TPSA) is 29.3 Å². The van der Waals surface area contributed by atoms with E-state index in [-0.39, 0.29) is 0 Å². The van der Waals surface area contributed by atoms with E-state index in [1.807, 2.05) is 0 Å². The Balaban J connectivity index is 1.68. The summed E-state index contributed by atoms with van der Waals surface area (Å²) in [7, 11) is 0. The summed E-state index contributed by atoms with van der Waals surface area (Å²) in [4.78, 5) is 2.70. The zero-order valence-electron chi connectivity index (χ0n) is 13.4. The standard InChI is InChI=1S/C19H30N2/c1-15(16-7-3-2-4-8-16)19(13-20)21-12-11-17-9-5-6-10-18(17)14-21/h2-4,7-8,15,17-19H,5-6,9-14,20H2,1H3. The van der Waals surface area contributed by atoms with Crippen molar-refractivity contribution in [2.45, 2.75) is 51.0 Å². The summed E-state index contributed by atoms with van der Waals surface area (Å²) in [5.41, 5.74) is 7.60. The molecule has 1 aromatic rings. The summed E-state index contributed by atoms with van der Waals surface area (Å²) in [6, 6.07) is 11.4. The van der Waals surface area contributed by atoms with Crippen LogP contribution < -0.4 is 5.73 Å². The lowest BCUT2D eigenvalue weighted by Crippen LogP contribution is -2.51. The van der Waals surface area contributed by atoms with Gasteiger partial charge in [-0.1, -0.05) is 56.5 Å². The second-order valence-electron chi connectivity index (χ2n) is 7.09. The van der Waals surface area contributed by atoms with E-state index in [4.69, 9.17) is 5.73 Å². The molecular weight excluding hydrogens is 256 g/mol. The van der Waals surface area contributed by atoms with Gasteiger partial charge in [0.05, 0.1) is 0 Å². The molecule has 1 saturated carbocycles. The molecule has 0 bridgehead atoms. The molecule has 1 saturated heterocycles. The van der Waals surface area contributed by atoms with E-state index in [0.717, 1.165) is 18.4 Å². The van der Waals surface area contributed by atoms with Crippen LogP contribution in [0.1, 0.15) is 50.5 Å². The van der Waals surface area contributed by atoms with Crippen LogP contribution in [0.4, 0.5) is 0 Å². The average molecular weight is 286 g/mol. The first-order valence-electron chi connectivity index (χ1n) is 8.78. The molecule has 2 fully saturated rings. The first kappa shape index (κ1) is 15.1. The summed E-state index contributed by atoms with van der Waals surface area (Å²) >= 11 is 0. The number of nitrogens with two attached hydrogens (primary N) is 1. The van der Waals surface area contributed by atoms with E-state index in [9.17, 15) is 0 Å². The molecule has 0 spiro atoms. The number of benzene rings is 1. The minimum Gasteiger partial charge on any atom is -0.329 e. The van der Waals surface area contributed by atoms with Gasteiger partial charge in [-0.3, -0.25) is 4.90 Å². The highest BCUT2D eigenvalue weighted by Gasteiger charge is 2.35. The van der Waals surface area contributed by atoms with Crippen LogP contribution in [0, 0.1) is 11.8 Å². The maximum atomic E-state index is 6.17. The van der Waals surface area contributed by atoms with Crippen molar-refractivity contribution in [2.24, 2.45) is 17.6 Å². The third-order valence-electron chi connectivity index (χ3n) is 5.94. The molecule has 1 aliphatic carbocycles. The van der Waals surface area contributed by atoms with Crippen LogP contribution in [-0.4, -0.2) is 30.6 Å². The molecule has 0 amide bonds. The first-order valence-corrected chi connectivity index (χ1v) is 8.78. The molecule has 3 rings (SSSR count). The second-order valence-corrected chi connectivity index (χ2v) is 7.09. The van der Waals surface area contributed by atoms with Gasteiger partial charge in [-0.05, 0) is 42.7 Å². The van der Waals surface area contributed by atoms with Crippen LogP contribution in [0.2, 0.25) is 0 Å². The molecule has 4 atom stereocenters. The molecule has 2 aliphatic rings. The van der Waals surface area contributed by atoms with Crippen LogP contribution >= 0.6 is 0 Å². The highest BCUT2D eigenvalue weighted by molar-refractivity contribution is 5.20. The summed E-state index contributed by atoms with van der Waals surface area (Å²) in [6.45, 7) is 5.65. The lowest BCUT2D eigenvalue weighted by Gasteiger charge is -2.45. The highest BCUT2D eigenvalue weighted by atomic mass is 15.2. The van der Waals surface area contributed by atoms with Crippen molar-refractivity contribution in [2.75, 3.05) is 19.6 Å². The van der Waals surface area contributed by atoms with Gasteiger partial charge in [0.1, 0.15) is 0 Å². The number of rotatable bonds is 4. The molecular formula is C19H30N2. The Kier molecular flexibility index (Phi) is 4.97. The molecule has 1 heterocycles. The van der Waals surface area contributed by atoms with Crippen molar-refractivity contribution in [3.8, 4) is 0 Å². The lowest BCUT2D eigenvalue weighted by molar-refractivity contribution is 0.0519. The van der Waals surface area contributed by atoms with Gasteiger partial charge in [0.15, 0.2) is 0 Å². The second kappa shape index (κ2) is 6.93. The number of hydrogen-bond donors (Lipinski definition) is 1. The van der Waals surface area contributed by atoms with E-state index < -0.39 is 0 Å². The summed E-state index contributed by atoms with van der Waals surface area (Å²) in [5, 5.41) is 0. The minimum absolute atomic E-state index is 0.496. The van der Waals surface area contributed by atoms with Gasteiger partial charge in [-0.15, -0.1) is 0 Å². The van der Waals surface area contributed by atoms with E-state index in [2.05, 4.69) is 42.2 Å². The van der Waals surface area contributed by atoms with Gasteiger partial charge in [0.25, 0.3) is 0 Å². The first-order chi connectivity index (χ1) is 10.3. The van der Waals surface area contributed by atoms with Gasteiger partial charge >= 0.3 is 0 Å². The van der Waals surface area contributed by atoms with E-state index in [1.165, 1.54) is 50.8 Å². The smallest absolute Gasteiger partial charge is 0.0284 e. The van der Waals surface area contributed by atoms with Gasteiger partial charge in [-0.25, -0.2) is 0 Å². The fourth-order valence-electron chi connectivity index (χ4n) is 4.58. The average Bonchev–Trinajstić information content (AvgIpc) is 2.56. The van der Waals surface area contributed by atoms with Crippen LogP contribution in [0.3, 0.4) is 0 Å². The number of piperidine rings is 1. The van der Waals surface area contributed by atoms with Gasteiger partial charge < -0.3 is 5.73 Å². The van der Waals surface area contributed by atoms with Gasteiger partial charge in [0, 0.05) is 19.1 Å². The maximum absolute atomic E-state index is 6.17. The predicted octanol–water partition coefficient (Wildman–Crippen LogP) is 3.63. The lowest BCUT2D eigenvalue weighted by atomic mass is 9.74. The van der Waals surface area contributed by atoms with Crippen LogP contribution in [0.5, 0.6) is 0 Å². The monoisotopic (exact) mass is 286 g/mol. The van der Waals surface area contributed by atoms with Crippen LogP contribution in [0.15, 0.2) is 30.3 Å². The largest absolute Gasteiger partial charge is 0.329 e. The molecule has 4 unspecified atom stereocenters. The number of nitrogens with zero attached hydrogens (tertiary/aromatic N) is 1. The van der Waals surface area contributed by atoms with Crippen molar-refractivity contribution in [1.82, 2.24) is 4.90 Å². The van der Waals surface area contributed by atoms with Crippen molar-refractivity contribution in [3.63, 3.8) is 0 Å². The Labute approximate surface area is 129 Å². The predicted molar refractivity (Wildman–Crippen MR) is 89.3 cm³/mol. The van der Waals surface area contributed by atoms with Gasteiger partial charge in [-0.2, -0.15) is 0 Å². The van der Waals surface area contributed by atoms with Crippen molar-refractivity contribution >= 4 is 0 Å². The Bertz CT molecular complexity index is 430. The summed E-state index contributed by atoms with van der Waals surface area (Å²) in [6.07, 6.45) is 7.21. The molecule has 2 N–H and O–H groups in total. The van der Waals surface area contributed by atoms with E-state index in [1.54, 1.807) is 0 Å². The van der Waals surface area contributed by atoms with Crippen molar-refractivity contribution in [3.05, 3.63) is 35.9 Å². The Morgan fingerprint density at radius 3 is 2.52 bits per heavy atom. The number of likely N-dealkylation sites (tertiary alicyclic amines) is 1. The fourth-order valence-corrected chi connectivity index (χ4v) is 4.58. The molecule has 1 aliphatic heterocycles. The van der Waals surface area contributed by atoms with Crippen LogP contribution in [-0.2, 0) is 0 Å². The molecule has 2 nitrogen and oxygen atoms in total. The van der Waals surface area contributed by atoms with E-state index >= 15 is 0 Å². The zero-order valence-corrected chi connectivity index (χ0v) is 13.4. The third kappa shape index (κ3) is 3.32. The maximum Gasteiger partial charge on any atom is 0.0284 e. The Hall–Kier alpha value is -0.860. The Morgan fingerprint density at radius 2 is 1.81 bits per heavy atom. The quantitative estimate of drug-likeness (QED) is 0.916. The molecule has 116 valence electrons. The molecule has 2 heteroatoms. The number of hydrogen-bond acceptors (Lipinski definition) is 2. The minimum atomic E-state index is 0.496. The third-order valence-corrected chi connectivity index (χ3v) is 5.94. The number of fused-ring (bicyclic) bond motifs is 1. The molecule has 21 heavy (non-hydrogen) atoms. The SMILES string of the molecule is CC(c1ccccc1)C(CN)N1CCC2CCCCC2C1. The van der Waals surface area contributed by atoms with Crippen molar-refractivity contribution in [1.29, 1.82) is 0 Å². The van der Waals surface area contributed by atoms with E-state index in [0.29, 0.717) is 12.0 Å². The Morgan fingerprint density at radius 1 is 1.10 bits per heavy atom.